The van der Waals surface area contributed by atoms with Gasteiger partial charge in [0, 0.05) is 18.6 Å². The quantitative estimate of drug-likeness (QED) is 0.741. The lowest BCUT2D eigenvalue weighted by Crippen LogP contribution is -2.60. The van der Waals surface area contributed by atoms with Crippen molar-refractivity contribution in [1.29, 1.82) is 0 Å². The molecule has 3 N–H and O–H groups in total. The van der Waals surface area contributed by atoms with Gasteiger partial charge < -0.3 is 15.3 Å². The van der Waals surface area contributed by atoms with Gasteiger partial charge in [-0.2, -0.15) is 0 Å². The minimum atomic E-state index is -1.06. The van der Waals surface area contributed by atoms with Crippen molar-refractivity contribution in [3.63, 3.8) is 0 Å². The molecule has 1 aromatic rings. The maximum absolute atomic E-state index is 10.0. The molecule has 106 valence electrons. The molecule has 0 aliphatic carbocycles. The highest BCUT2D eigenvalue weighted by molar-refractivity contribution is 5.28. The van der Waals surface area contributed by atoms with Crippen molar-refractivity contribution in [3.8, 4) is 0 Å². The second-order valence-corrected chi connectivity index (χ2v) is 5.52. The molecule has 4 nitrogen and oxygen atoms in total. The van der Waals surface area contributed by atoms with E-state index < -0.39 is 18.3 Å². The van der Waals surface area contributed by atoms with E-state index >= 15 is 0 Å². The zero-order valence-corrected chi connectivity index (χ0v) is 11.7. The van der Waals surface area contributed by atoms with Crippen LogP contribution in [0, 0.1) is 6.92 Å². The second-order valence-electron chi connectivity index (χ2n) is 5.52. The van der Waals surface area contributed by atoms with Crippen LogP contribution in [-0.4, -0.2) is 51.1 Å². The van der Waals surface area contributed by atoms with E-state index in [4.69, 9.17) is 0 Å². The van der Waals surface area contributed by atoms with Crippen molar-refractivity contribution in [1.82, 2.24) is 4.90 Å². The number of rotatable bonds is 2. The molecule has 2 rings (SSSR count). The van der Waals surface area contributed by atoms with E-state index in [-0.39, 0.29) is 12.1 Å². The molecule has 5 atom stereocenters. The van der Waals surface area contributed by atoms with Crippen molar-refractivity contribution in [3.05, 3.63) is 35.4 Å². The molecule has 1 aliphatic heterocycles. The van der Waals surface area contributed by atoms with Crippen LogP contribution in [0.15, 0.2) is 24.3 Å². The van der Waals surface area contributed by atoms with E-state index in [1.165, 1.54) is 11.1 Å². The molecule has 0 bridgehead atoms. The van der Waals surface area contributed by atoms with Crippen LogP contribution < -0.4 is 0 Å². The smallest absolute Gasteiger partial charge is 0.108 e. The molecule has 1 unspecified atom stereocenters. The van der Waals surface area contributed by atoms with Gasteiger partial charge in [0.2, 0.25) is 0 Å². The summed E-state index contributed by atoms with van der Waals surface area (Å²) in [5.74, 6) is 0. The Morgan fingerprint density at radius 3 is 2.42 bits per heavy atom. The number of piperidine rings is 1. The lowest BCUT2D eigenvalue weighted by Gasteiger charge is -2.45. The molecule has 1 saturated heterocycles. The Morgan fingerprint density at radius 1 is 1.16 bits per heavy atom. The third-order valence-electron chi connectivity index (χ3n) is 4.30. The fraction of sp³-hybridized carbons (Fsp3) is 0.600. The second kappa shape index (κ2) is 5.59. The first kappa shape index (κ1) is 14.5. The molecule has 4 heteroatoms. The topological polar surface area (TPSA) is 63.9 Å². The molecule has 0 aromatic heterocycles. The highest BCUT2D eigenvalue weighted by Crippen LogP contribution is 2.30. The van der Waals surface area contributed by atoms with Gasteiger partial charge in [0.05, 0.1) is 12.2 Å². The molecule has 0 amide bonds. The number of benzene rings is 1. The van der Waals surface area contributed by atoms with Gasteiger partial charge in [-0.05, 0) is 31.9 Å². The maximum Gasteiger partial charge on any atom is 0.108 e. The van der Waals surface area contributed by atoms with E-state index in [9.17, 15) is 15.3 Å². The number of aryl methyl sites for hydroxylation is 1. The molecule has 0 radical (unpaired) electrons. The van der Waals surface area contributed by atoms with Crippen LogP contribution in [0.5, 0.6) is 0 Å². The molecule has 0 spiro atoms. The summed E-state index contributed by atoms with van der Waals surface area (Å²) in [4.78, 5) is 2.05. The molecule has 1 fully saturated rings. The Hall–Kier alpha value is -0.940. The summed E-state index contributed by atoms with van der Waals surface area (Å²) in [6.07, 6.45) is -2.89. The van der Waals surface area contributed by atoms with Crippen molar-refractivity contribution in [2.24, 2.45) is 0 Å². The van der Waals surface area contributed by atoms with Crippen molar-refractivity contribution >= 4 is 0 Å². The standard InChI is InChI=1S/C15H23NO3/c1-9-6-4-5-7-12(9)10(2)16-8-13(17)15(19)14(18)11(16)3/h4-7,10-11,13-15,17-19H,8H2,1-3H3/t10?,11-,13+,14-,15-/m1/s1. The first-order valence-corrected chi connectivity index (χ1v) is 6.79. The van der Waals surface area contributed by atoms with Gasteiger partial charge in [-0.1, -0.05) is 24.3 Å². The van der Waals surface area contributed by atoms with Gasteiger partial charge in [0.25, 0.3) is 0 Å². The SMILES string of the molecule is Cc1ccccc1C(C)N1C[C@H](O)[C@@H](O)[C@H](O)[C@H]1C. The third-order valence-corrected chi connectivity index (χ3v) is 4.30. The fourth-order valence-electron chi connectivity index (χ4n) is 2.94. The molecule has 1 aliphatic rings. The lowest BCUT2D eigenvalue weighted by molar-refractivity contribution is -0.141. The van der Waals surface area contributed by atoms with Gasteiger partial charge in [-0.3, -0.25) is 4.90 Å². The molecule has 19 heavy (non-hydrogen) atoms. The van der Waals surface area contributed by atoms with E-state index in [0.29, 0.717) is 6.54 Å². The highest BCUT2D eigenvalue weighted by Gasteiger charge is 2.40. The Labute approximate surface area is 114 Å². The van der Waals surface area contributed by atoms with Gasteiger partial charge >= 0.3 is 0 Å². The van der Waals surface area contributed by atoms with Crippen LogP contribution in [0.3, 0.4) is 0 Å². The summed E-state index contributed by atoms with van der Waals surface area (Å²) in [6, 6.07) is 8.02. The number of hydrogen-bond acceptors (Lipinski definition) is 4. The fourth-order valence-corrected chi connectivity index (χ4v) is 2.94. The van der Waals surface area contributed by atoms with Crippen LogP contribution in [0.25, 0.3) is 0 Å². The zero-order chi connectivity index (χ0) is 14.2. The van der Waals surface area contributed by atoms with Gasteiger partial charge in [-0.15, -0.1) is 0 Å². The predicted octanol–water partition coefficient (Wildman–Crippen LogP) is 0.843. The highest BCUT2D eigenvalue weighted by atomic mass is 16.4. The predicted molar refractivity (Wildman–Crippen MR) is 73.8 cm³/mol. The maximum atomic E-state index is 10.0. The molecular weight excluding hydrogens is 242 g/mol. The average Bonchev–Trinajstić information content (AvgIpc) is 2.40. The lowest BCUT2D eigenvalue weighted by atomic mass is 9.91. The Kier molecular flexibility index (Phi) is 4.26. The number of hydrogen-bond donors (Lipinski definition) is 3. The van der Waals surface area contributed by atoms with Crippen molar-refractivity contribution in [2.45, 2.75) is 51.2 Å². The largest absolute Gasteiger partial charge is 0.389 e. The third kappa shape index (κ3) is 2.67. The summed E-state index contributed by atoms with van der Waals surface area (Å²) >= 11 is 0. The zero-order valence-electron chi connectivity index (χ0n) is 11.7. The Morgan fingerprint density at radius 2 is 1.79 bits per heavy atom. The Bertz CT molecular complexity index is 437. The molecule has 1 aromatic carbocycles. The first-order chi connectivity index (χ1) is 8.93. The summed E-state index contributed by atoms with van der Waals surface area (Å²) in [6.45, 7) is 6.38. The molecule has 1 heterocycles. The van der Waals surface area contributed by atoms with E-state index in [1.807, 2.05) is 24.0 Å². The van der Waals surface area contributed by atoms with Crippen LogP contribution >= 0.6 is 0 Å². The van der Waals surface area contributed by atoms with E-state index in [1.54, 1.807) is 0 Å². The van der Waals surface area contributed by atoms with Crippen molar-refractivity contribution in [2.75, 3.05) is 6.54 Å². The van der Waals surface area contributed by atoms with E-state index in [2.05, 4.69) is 26.0 Å². The summed E-state index contributed by atoms with van der Waals surface area (Å²) in [7, 11) is 0. The summed E-state index contributed by atoms with van der Waals surface area (Å²) in [5.41, 5.74) is 2.38. The Balaban J connectivity index is 2.24. The normalized spacial score (nSPS) is 34.2. The number of aliphatic hydroxyl groups is 3. The van der Waals surface area contributed by atoms with Crippen molar-refractivity contribution < 1.29 is 15.3 Å². The van der Waals surface area contributed by atoms with Crippen LogP contribution in [0.4, 0.5) is 0 Å². The van der Waals surface area contributed by atoms with Gasteiger partial charge in [0.1, 0.15) is 6.10 Å². The van der Waals surface area contributed by atoms with Crippen LogP contribution in [-0.2, 0) is 0 Å². The summed E-state index contributed by atoms with van der Waals surface area (Å²) < 4.78 is 0. The van der Waals surface area contributed by atoms with Crippen LogP contribution in [0.1, 0.15) is 31.0 Å². The monoisotopic (exact) mass is 265 g/mol. The number of likely N-dealkylation sites (tertiary alicyclic amines) is 1. The number of β-amino-alcohol motifs (C(OH)–C–C–N with tert-alkyl or cyclic N) is 1. The molecular formula is C15H23NO3. The minimum absolute atomic E-state index is 0.0907. The average molecular weight is 265 g/mol. The first-order valence-electron chi connectivity index (χ1n) is 6.79. The number of nitrogens with zero attached hydrogens (tertiary/aromatic N) is 1. The van der Waals surface area contributed by atoms with E-state index in [0.717, 1.165) is 0 Å². The van der Waals surface area contributed by atoms with Crippen LogP contribution in [0.2, 0.25) is 0 Å². The number of aliphatic hydroxyl groups excluding tert-OH is 3. The van der Waals surface area contributed by atoms with Gasteiger partial charge in [-0.25, -0.2) is 0 Å². The summed E-state index contributed by atoms with van der Waals surface area (Å²) in [5, 5.41) is 29.6. The minimum Gasteiger partial charge on any atom is -0.389 e. The van der Waals surface area contributed by atoms with Gasteiger partial charge in [0.15, 0.2) is 0 Å². The molecule has 0 saturated carbocycles.